The first kappa shape index (κ1) is 12.0. The van der Waals surface area contributed by atoms with Crippen LogP contribution in [0.4, 0.5) is 5.69 Å². The lowest BCUT2D eigenvalue weighted by Crippen LogP contribution is -2.24. The summed E-state index contributed by atoms with van der Waals surface area (Å²) in [6.07, 6.45) is 4.99. The second-order valence-electron chi connectivity index (χ2n) is 3.51. The fraction of sp³-hybridized carbons (Fsp3) is 0.154. The maximum atomic E-state index is 11.5. The highest BCUT2D eigenvalue weighted by molar-refractivity contribution is 5.91. The maximum Gasteiger partial charge on any atom is 0.246 e. The van der Waals surface area contributed by atoms with Crippen molar-refractivity contribution in [1.82, 2.24) is 4.90 Å². The van der Waals surface area contributed by atoms with Gasteiger partial charge in [0, 0.05) is 25.4 Å². The normalized spacial score (nSPS) is 10.3. The molecular weight excluding hydrogens is 200 g/mol. The first-order chi connectivity index (χ1) is 7.63. The van der Waals surface area contributed by atoms with Crippen LogP contribution in [0.3, 0.4) is 0 Å². The molecule has 0 radical (unpaired) electrons. The third-order valence-electron chi connectivity index (χ3n) is 2.13. The fourth-order valence-corrected chi connectivity index (χ4v) is 1.19. The van der Waals surface area contributed by atoms with Crippen LogP contribution in [0.1, 0.15) is 5.56 Å². The summed E-state index contributed by atoms with van der Waals surface area (Å²) in [5.41, 5.74) is 7.23. The van der Waals surface area contributed by atoms with Gasteiger partial charge in [-0.2, -0.15) is 0 Å². The first-order valence-electron chi connectivity index (χ1n) is 5.03. The molecule has 1 rings (SSSR count). The molecule has 2 N–H and O–H groups in total. The van der Waals surface area contributed by atoms with Crippen LogP contribution in [0.5, 0.6) is 0 Å². The SMILES string of the molecule is C=CCN(C)C(=O)/C=C/c1ccc(N)cc1. The Balaban J connectivity index is 2.62. The van der Waals surface area contributed by atoms with Gasteiger partial charge in [-0.25, -0.2) is 0 Å². The lowest BCUT2D eigenvalue weighted by Gasteiger charge is -2.11. The summed E-state index contributed by atoms with van der Waals surface area (Å²) < 4.78 is 0. The summed E-state index contributed by atoms with van der Waals surface area (Å²) in [6, 6.07) is 7.34. The third kappa shape index (κ3) is 3.61. The molecule has 0 bridgehead atoms. The molecule has 0 saturated heterocycles. The van der Waals surface area contributed by atoms with Crippen LogP contribution in [-0.4, -0.2) is 24.4 Å². The summed E-state index contributed by atoms with van der Waals surface area (Å²) in [6.45, 7) is 4.13. The van der Waals surface area contributed by atoms with Gasteiger partial charge in [-0.3, -0.25) is 4.79 Å². The minimum absolute atomic E-state index is 0.0447. The standard InChI is InChI=1S/C13H16N2O/c1-3-10-15(2)13(16)9-6-11-4-7-12(14)8-5-11/h3-9H,1,10,14H2,2H3/b9-6+. The van der Waals surface area contributed by atoms with Gasteiger partial charge < -0.3 is 10.6 Å². The van der Waals surface area contributed by atoms with Gasteiger partial charge in [0.25, 0.3) is 0 Å². The molecule has 0 aromatic heterocycles. The molecule has 84 valence electrons. The van der Waals surface area contributed by atoms with Crippen molar-refractivity contribution in [2.45, 2.75) is 0 Å². The number of hydrogen-bond acceptors (Lipinski definition) is 2. The van der Waals surface area contributed by atoms with Gasteiger partial charge in [0.2, 0.25) is 5.91 Å². The van der Waals surface area contributed by atoms with Crippen molar-refractivity contribution < 1.29 is 4.79 Å². The van der Waals surface area contributed by atoms with Crippen LogP contribution in [0, 0.1) is 0 Å². The second-order valence-corrected chi connectivity index (χ2v) is 3.51. The highest BCUT2D eigenvalue weighted by Crippen LogP contribution is 2.07. The van der Waals surface area contributed by atoms with E-state index in [1.54, 1.807) is 36.2 Å². The van der Waals surface area contributed by atoms with E-state index >= 15 is 0 Å². The van der Waals surface area contributed by atoms with Crippen LogP contribution in [0.2, 0.25) is 0 Å². The minimum Gasteiger partial charge on any atom is -0.399 e. The molecule has 3 nitrogen and oxygen atoms in total. The average Bonchev–Trinajstić information content (AvgIpc) is 2.28. The Morgan fingerprint density at radius 2 is 2.06 bits per heavy atom. The molecule has 0 aliphatic carbocycles. The van der Waals surface area contributed by atoms with E-state index in [-0.39, 0.29) is 5.91 Å². The van der Waals surface area contributed by atoms with Crippen LogP contribution in [-0.2, 0) is 4.79 Å². The quantitative estimate of drug-likeness (QED) is 0.475. The number of nitrogens with zero attached hydrogens (tertiary/aromatic N) is 1. The number of likely N-dealkylation sites (N-methyl/N-ethyl adjacent to an activating group) is 1. The predicted molar refractivity (Wildman–Crippen MR) is 67.7 cm³/mol. The maximum absolute atomic E-state index is 11.5. The van der Waals surface area contributed by atoms with Gasteiger partial charge in [0.05, 0.1) is 0 Å². The summed E-state index contributed by atoms with van der Waals surface area (Å²) in [7, 11) is 1.73. The van der Waals surface area contributed by atoms with Crippen molar-refractivity contribution >= 4 is 17.7 Å². The highest BCUT2D eigenvalue weighted by atomic mass is 16.2. The van der Waals surface area contributed by atoms with Gasteiger partial charge in [0.15, 0.2) is 0 Å². The largest absolute Gasteiger partial charge is 0.399 e. The second kappa shape index (κ2) is 5.75. The van der Waals surface area contributed by atoms with Crippen LogP contribution in [0.15, 0.2) is 43.0 Å². The number of anilines is 1. The van der Waals surface area contributed by atoms with Crippen molar-refractivity contribution in [3.8, 4) is 0 Å². The summed E-state index contributed by atoms with van der Waals surface area (Å²) in [5.74, 6) is -0.0447. The highest BCUT2D eigenvalue weighted by Gasteiger charge is 2.00. The van der Waals surface area contributed by atoms with Crippen molar-refractivity contribution in [1.29, 1.82) is 0 Å². The molecule has 0 aliphatic rings. The van der Waals surface area contributed by atoms with E-state index in [1.807, 2.05) is 12.1 Å². The van der Waals surface area contributed by atoms with Crippen LogP contribution in [0.25, 0.3) is 6.08 Å². The van der Waals surface area contributed by atoms with E-state index in [9.17, 15) is 4.79 Å². The Kier molecular flexibility index (Phi) is 4.33. The zero-order valence-electron chi connectivity index (χ0n) is 9.39. The molecule has 0 unspecified atom stereocenters. The number of nitrogens with two attached hydrogens (primary N) is 1. The minimum atomic E-state index is -0.0447. The molecule has 1 aromatic rings. The molecule has 0 saturated carbocycles. The predicted octanol–water partition coefficient (Wildman–Crippen LogP) is 1.93. The summed E-state index contributed by atoms with van der Waals surface area (Å²) >= 11 is 0. The first-order valence-corrected chi connectivity index (χ1v) is 5.03. The number of carbonyl (C=O) groups excluding carboxylic acids is 1. The Labute approximate surface area is 95.9 Å². The third-order valence-corrected chi connectivity index (χ3v) is 2.13. The molecule has 1 aromatic carbocycles. The number of benzene rings is 1. The molecule has 0 spiro atoms. The Bertz CT molecular complexity index is 393. The van der Waals surface area contributed by atoms with Crippen molar-refractivity contribution in [2.75, 3.05) is 19.3 Å². The molecule has 0 heterocycles. The number of hydrogen-bond donors (Lipinski definition) is 1. The number of amides is 1. The number of nitrogen functional groups attached to an aromatic ring is 1. The van der Waals surface area contributed by atoms with Crippen LogP contribution >= 0.6 is 0 Å². The molecular formula is C13H16N2O. The molecule has 3 heteroatoms. The van der Waals surface area contributed by atoms with Gasteiger partial charge in [-0.05, 0) is 23.8 Å². The van der Waals surface area contributed by atoms with E-state index in [1.165, 1.54) is 6.08 Å². The van der Waals surface area contributed by atoms with Crippen molar-refractivity contribution in [3.63, 3.8) is 0 Å². The van der Waals surface area contributed by atoms with Gasteiger partial charge in [0.1, 0.15) is 0 Å². The smallest absolute Gasteiger partial charge is 0.246 e. The Morgan fingerprint density at radius 3 is 2.62 bits per heavy atom. The Morgan fingerprint density at radius 1 is 1.44 bits per heavy atom. The Hall–Kier alpha value is -2.03. The molecule has 16 heavy (non-hydrogen) atoms. The summed E-state index contributed by atoms with van der Waals surface area (Å²) in [4.78, 5) is 13.1. The molecule has 0 fully saturated rings. The van der Waals surface area contributed by atoms with Gasteiger partial charge in [-0.1, -0.05) is 18.2 Å². The lowest BCUT2D eigenvalue weighted by atomic mass is 10.2. The van der Waals surface area contributed by atoms with E-state index in [2.05, 4.69) is 6.58 Å². The number of rotatable bonds is 4. The van der Waals surface area contributed by atoms with E-state index in [0.717, 1.165) is 5.56 Å². The molecule has 0 aliphatic heterocycles. The van der Waals surface area contributed by atoms with E-state index in [4.69, 9.17) is 5.73 Å². The number of carbonyl (C=O) groups is 1. The molecule has 1 amide bonds. The topological polar surface area (TPSA) is 46.3 Å². The van der Waals surface area contributed by atoms with Gasteiger partial charge in [-0.15, -0.1) is 6.58 Å². The monoisotopic (exact) mass is 216 g/mol. The lowest BCUT2D eigenvalue weighted by molar-refractivity contribution is -0.124. The van der Waals surface area contributed by atoms with Crippen LogP contribution < -0.4 is 5.73 Å². The average molecular weight is 216 g/mol. The van der Waals surface area contributed by atoms with E-state index in [0.29, 0.717) is 12.2 Å². The van der Waals surface area contributed by atoms with E-state index < -0.39 is 0 Å². The molecule has 0 atom stereocenters. The fourth-order valence-electron chi connectivity index (χ4n) is 1.19. The zero-order chi connectivity index (χ0) is 12.0. The summed E-state index contributed by atoms with van der Waals surface area (Å²) in [5, 5.41) is 0. The zero-order valence-corrected chi connectivity index (χ0v) is 9.39. The van der Waals surface area contributed by atoms with Gasteiger partial charge >= 0.3 is 0 Å². The van der Waals surface area contributed by atoms with Crippen molar-refractivity contribution in [3.05, 3.63) is 48.6 Å². The van der Waals surface area contributed by atoms with Crippen molar-refractivity contribution in [2.24, 2.45) is 0 Å².